The van der Waals surface area contributed by atoms with Gasteiger partial charge in [0.25, 0.3) is 0 Å². The van der Waals surface area contributed by atoms with Gasteiger partial charge in [-0.2, -0.15) is 4.39 Å². The van der Waals surface area contributed by atoms with Crippen LogP contribution in [0.4, 0.5) is 4.39 Å². The van der Waals surface area contributed by atoms with Crippen molar-refractivity contribution in [2.75, 3.05) is 0 Å². The van der Waals surface area contributed by atoms with Crippen LogP contribution in [0.1, 0.15) is 16.1 Å². The van der Waals surface area contributed by atoms with Crippen LogP contribution in [-0.4, -0.2) is 20.9 Å². The maximum absolute atomic E-state index is 14.3. The number of halogens is 1. The molecule has 0 aliphatic heterocycles. The van der Waals surface area contributed by atoms with E-state index in [0.717, 1.165) is 0 Å². The molecular weight excluding hydrogens is 271 g/mol. The standard InChI is InChI=1S/C15H11FN4O/c1-8-12(9(15(17)21)6-7-18-8)13-14(16)20-11-5-3-2-4-10(11)19-13/h2-7H,1H3,(H2,17,21). The molecule has 0 fully saturated rings. The number of pyridine rings is 1. The maximum atomic E-state index is 14.3. The Morgan fingerprint density at radius 3 is 2.48 bits per heavy atom. The molecule has 3 aromatic rings. The molecule has 0 aliphatic carbocycles. The van der Waals surface area contributed by atoms with Crippen molar-refractivity contribution in [3.63, 3.8) is 0 Å². The SMILES string of the molecule is Cc1nccc(C(N)=O)c1-c1nc2ccccc2nc1F. The maximum Gasteiger partial charge on any atom is 0.249 e. The average Bonchev–Trinajstić information content (AvgIpc) is 2.46. The van der Waals surface area contributed by atoms with Crippen LogP contribution >= 0.6 is 0 Å². The van der Waals surface area contributed by atoms with Crippen LogP contribution in [0.5, 0.6) is 0 Å². The Morgan fingerprint density at radius 2 is 1.81 bits per heavy atom. The van der Waals surface area contributed by atoms with E-state index in [1.807, 2.05) is 0 Å². The van der Waals surface area contributed by atoms with Crippen LogP contribution in [0, 0.1) is 12.9 Å². The Hall–Kier alpha value is -2.89. The minimum Gasteiger partial charge on any atom is -0.366 e. The number of para-hydroxylation sites is 2. The highest BCUT2D eigenvalue weighted by Crippen LogP contribution is 2.27. The number of hydrogen-bond donors (Lipinski definition) is 1. The van der Waals surface area contributed by atoms with Gasteiger partial charge in [0.05, 0.1) is 16.6 Å². The van der Waals surface area contributed by atoms with Crippen molar-refractivity contribution in [3.05, 3.63) is 53.7 Å². The third-order valence-electron chi connectivity index (χ3n) is 3.17. The van der Waals surface area contributed by atoms with Gasteiger partial charge in [0, 0.05) is 17.5 Å². The molecule has 5 nitrogen and oxygen atoms in total. The smallest absolute Gasteiger partial charge is 0.249 e. The van der Waals surface area contributed by atoms with Crippen LogP contribution in [-0.2, 0) is 0 Å². The van der Waals surface area contributed by atoms with E-state index in [1.165, 1.54) is 12.3 Å². The molecule has 1 amide bonds. The number of primary amides is 1. The van der Waals surface area contributed by atoms with Gasteiger partial charge in [-0.25, -0.2) is 9.97 Å². The van der Waals surface area contributed by atoms with Gasteiger partial charge in [-0.05, 0) is 25.1 Å². The fraction of sp³-hybridized carbons (Fsp3) is 0.0667. The minimum absolute atomic E-state index is 0.0203. The van der Waals surface area contributed by atoms with E-state index in [1.54, 1.807) is 31.2 Å². The van der Waals surface area contributed by atoms with E-state index in [9.17, 15) is 9.18 Å². The zero-order valence-corrected chi connectivity index (χ0v) is 11.2. The van der Waals surface area contributed by atoms with Gasteiger partial charge in [-0.1, -0.05) is 12.1 Å². The van der Waals surface area contributed by atoms with Crippen LogP contribution < -0.4 is 5.73 Å². The topological polar surface area (TPSA) is 81.8 Å². The summed E-state index contributed by atoms with van der Waals surface area (Å²) in [6, 6.07) is 8.37. The second kappa shape index (κ2) is 4.90. The highest BCUT2D eigenvalue weighted by molar-refractivity contribution is 6.00. The van der Waals surface area contributed by atoms with Gasteiger partial charge in [-0.15, -0.1) is 0 Å². The lowest BCUT2D eigenvalue weighted by Crippen LogP contribution is -2.14. The van der Waals surface area contributed by atoms with Gasteiger partial charge < -0.3 is 5.73 Å². The largest absolute Gasteiger partial charge is 0.366 e. The van der Waals surface area contributed by atoms with E-state index >= 15 is 0 Å². The summed E-state index contributed by atoms with van der Waals surface area (Å²) in [5, 5.41) is 0. The van der Waals surface area contributed by atoms with E-state index in [2.05, 4.69) is 15.0 Å². The quantitative estimate of drug-likeness (QED) is 0.781. The summed E-state index contributed by atoms with van der Waals surface area (Å²) in [4.78, 5) is 23.8. The zero-order valence-electron chi connectivity index (χ0n) is 11.2. The van der Waals surface area contributed by atoms with Crippen molar-refractivity contribution < 1.29 is 9.18 Å². The van der Waals surface area contributed by atoms with Crippen molar-refractivity contribution in [2.45, 2.75) is 6.92 Å². The number of aromatic nitrogens is 3. The number of carbonyl (C=O) groups excluding carboxylic acids is 1. The van der Waals surface area contributed by atoms with Crippen LogP contribution in [0.2, 0.25) is 0 Å². The fourth-order valence-corrected chi connectivity index (χ4v) is 2.21. The van der Waals surface area contributed by atoms with E-state index in [4.69, 9.17) is 5.73 Å². The van der Waals surface area contributed by atoms with Crippen molar-refractivity contribution >= 4 is 16.9 Å². The van der Waals surface area contributed by atoms with Crippen molar-refractivity contribution in [1.29, 1.82) is 0 Å². The molecule has 0 spiro atoms. The second-order valence-corrected chi connectivity index (χ2v) is 4.53. The van der Waals surface area contributed by atoms with Gasteiger partial charge in [0.2, 0.25) is 11.9 Å². The molecule has 0 bridgehead atoms. The van der Waals surface area contributed by atoms with Crippen LogP contribution in [0.25, 0.3) is 22.3 Å². The summed E-state index contributed by atoms with van der Waals surface area (Å²) in [6.45, 7) is 1.66. The van der Waals surface area contributed by atoms with Gasteiger partial charge in [0.1, 0.15) is 5.69 Å². The molecule has 6 heteroatoms. The van der Waals surface area contributed by atoms with Crippen LogP contribution in [0.3, 0.4) is 0 Å². The molecule has 2 aromatic heterocycles. The van der Waals surface area contributed by atoms with Gasteiger partial charge in [-0.3, -0.25) is 9.78 Å². The highest BCUT2D eigenvalue weighted by atomic mass is 19.1. The number of benzene rings is 1. The number of rotatable bonds is 2. The first-order valence-electron chi connectivity index (χ1n) is 6.26. The molecule has 2 N–H and O–H groups in total. The Morgan fingerprint density at radius 1 is 1.14 bits per heavy atom. The summed E-state index contributed by atoms with van der Waals surface area (Å²) in [6.07, 6.45) is 1.45. The monoisotopic (exact) mass is 282 g/mol. The summed E-state index contributed by atoms with van der Waals surface area (Å²) in [7, 11) is 0. The number of hydrogen-bond acceptors (Lipinski definition) is 4. The molecular formula is C15H11FN4O. The van der Waals surface area contributed by atoms with E-state index in [0.29, 0.717) is 16.7 Å². The first kappa shape index (κ1) is 13.1. The Bertz CT molecular complexity index is 863. The zero-order chi connectivity index (χ0) is 15.0. The molecule has 0 saturated heterocycles. The molecule has 104 valence electrons. The molecule has 1 aromatic carbocycles. The molecule has 0 aliphatic rings. The Balaban J connectivity index is 2.35. The second-order valence-electron chi connectivity index (χ2n) is 4.53. The molecule has 21 heavy (non-hydrogen) atoms. The lowest BCUT2D eigenvalue weighted by Gasteiger charge is -2.10. The highest BCUT2D eigenvalue weighted by Gasteiger charge is 2.19. The van der Waals surface area contributed by atoms with Gasteiger partial charge >= 0.3 is 0 Å². The summed E-state index contributed by atoms with van der Waals surface area (Å²) < 4.78 is 14.3. The summed E-state index contributed by atoms with van der Waals surface area (Å²) in [5.74, 6) is -1.42. The predicted octanol–water partition coefficient (Wildman–Crippen LogP) is 2.24. The number of amides is 1. The number of nitrogens with zero attached hydrogens (tertiary/aromatic N) is 3. The van der Waals surface area contributed by atoms with E-state index < -0.39 is 11.9 Å². The third kappa shape index (κ3) is 2.20. The summed E-state index contributed by atoms with van der Waals surface area (Å²) in [5.41, 5.74) is 7.22. The number of carbonyl (C=O) groups is 1. The van der Waals surface area contributed by atoms with Crippen molar-refractivity contribution in [3.8, 4) is 11.3 Å². The lowest BCUT2D eigenvalue weighted by atomic mass is 10.0. The molecule has 3 rings (SSSR count). The van der Waals surface area contributed by atoms with Crippen molar-refractivity contribution in [2.24, 2.45) is 5.73 Å². The van der Waals surface area contributed by atoms with E-state index in [-0.39, 0.29) is 16.8 Å². The normalized spacial score (nSPS) is 10.8. The molecule has 0 unspecified atom stereocenters. The lowest BCUT2D eigenvalue weighted by molar-refractivity contribution is 0.100. The predicted molar refractivity (Wildman–Crippen MR) is 76.0 cm³/mol. The average molecular weight is 282 g/mol. The number of nitrogens with two attached hydrogens (primary N) is 1. The summed E-state index contributed by atoms with van der Waals surface area (Å²) >= 11 is 0. The molecule has 0 radical (unpaired) electrons. The van der Waals surface area contributed by atoms with Crippen molar-refractivity contribution in [1.82, 2.24) is 15.0 Å². The Kier molecular flexibility index (Phi) is 3.06. The number of aryl methyl sites for hydroxylation is 1. The Labute approximate surface area is 119 Å². The fourth-order valence-electron chi connectivity index (χ4n) is 2.21. The molecule has 2 heterocycles. The molecule has 0 atom stereocenters. The van der Waals surface area contributed by atoms with Gasteiger partial charge in [0.15, 0.2) is 0 Å². The number of fused-ring (bicyclic) bond motifs is 1. The third-order valence-corrected chi connectivity index (χ3v) is 3.17. The minimum atomic E-state index is -0.757. The first-order chi connectivity index (χ1) is 10.1. The molecule has 0 saturated carbocycles. The first-order valence-corrected chi connectivity index (χ1v) is 6.26. The van der Waals surface area contributed by atoms with Crippen LogP contribution in [0.15, 0.2) is 36.5 Å².